The highest BCUT2D eigenvalue weighted by molar-refractivity contribution is 5.94. The first-order valence-electron chi connectivity index (χ1n) is 9.83. The quantitative estimate of drug-likeness (QED) is 0.751. The summed E-state index contributed by atoms with van der Waals surface area (Å²) in [7, 11) is 0. The fraction of sp³-hybridized carbons (Fsp3) is 0.455. The Morgan fingerprint density at radius 1 is 1.11 bits per heavy atom. The smallest absolute Gasteiger partial charge is 0.251 e. The highest BCUT2D eigenvalue weighted by Gasteiger charge is 2.36. The second kappa shape index (κ2) is 7.59. The number of nitrogens with one attached hydrogen (secondary N) is 2. The fourth-order valence-electron chi connectivity index (χ4n) is 3.24. The number of benzene rings is 1. The van der Waals surface area contributed by atoms with Crippen LogP contribution in [0.5, 0.6) is 0 Å². The van der Waals surface area contributed by atoms with Crippen LogP contribution < -0.4 is 10.6 Å². The minimum atomic E-state index is -0.0218. The zero-order valence-corrected chi connectivity index (χ0v) is 15.7. The van der Waals surface area contributed by atoms with Crippen LogP contribution in [0.1, 0.15) is 66.0 Å². The van der Waals surface area contributed by atoms with E-state index in [1.165, 1.54) is 6.42 Å². The lowest BCUT2D eigenvalue weighted by Gasteiger charge is -2.07. The van der Waals surface area contributed by atoms with E-state index in [4.69, 9.17) is 4.42 Å². The number of carbonyl (C=O) groups excluding carboxylic acids is 2. The van der Waals surface area contributed by atoms with Gasteiger partial charge in [-0.25, -0.2) is 0 Å². The molecule has 2 aromatic rings. The van der Waals surface area contributed by atoms with Gasteiger partial charge in [0, 0.05) is 36.9 Å². The predicted octanol–water partition coefficient (Wildman–Crippen LogP) is 3.54. The monoisotopic (exact) mass is 366 g/mol. The van der Waals surface area contributed by atoms with Crippen molar-refractivity contribution >= 4 is 11.8 Å². The van der Waals surface area contributed by atoms with Gasteiger partial charge in [0.15, 0.2) is 0 Å². The number of rotatable bonds is 8. The van der Waals surface area contributed by atoms with Crippen LogP contribution in [-0.4, -0.2) is 17.9 Å². The molecule has 27 heavy (non-hydrogen) atoms. The maximum Gasteiger partial charge on any atom is 0.251 e. The van der Waals surface area contributed by atoms with Crippen molar-refractivity contribution in [3.05, 3.63) is 59.0 Å². The fourth-order valence-corrected chi connectivity index (χ4v) is 3.24. The van der Waals surface area contributed by atoms with Crippen LogP contribution in [0.4, 0.5) is 0 Å². The normalized spacial score (nSPS) is 20.9. The molecule has 4 rings (SSSR count). The topological polar surface area (TPSA) is 71.3 Å². The lowest BCUT2D eigenvalue weighted by molar-refractivity contribution is -0.121. The largest absolute Gasteiger partial charge is 0.466 e. The standard InChI is InChI=1S/C22H26N2O3/c1-14-12-19(14)20-10-8-18(27-20)9-11-21(25)23-13-15-2-4-16(5-3-15)22(26)24-17-6-7-17/h2-5,8,10,14,17,19H,6-7,9,11-13H2,1H3,(H,23,25)(H,24,26)/t14-,19-/m0/s1. The lowest BCUT2D eigenvalue weighted by atomic mass is 10.1. The van der Waals surface area contributed by atoms with Crippen LogP contribution in [0.3, 0.4) is 0 Å². The molecule has 2 saturated carbocycles. The molecular weight excluding hydrogens is 340 g/mol. The molecule has 1 aromatic heterocycles. The molecule has 0 bridgehead atoms. The molecule has 1 aromatic carbocycles. The van der Waals surface area contributed by atoms with Gasteiger partial charge in [0.1, 0.15) is 11.5 Å². The van der Waals surface area contributed by atoms with Crippen molar-refractivity contribution in [3.8, 4) is 0 Å². The van der Waals surface area contributed by atoms with Crippen molar-refractivity contribution < 1.29 is 14.0 Å². The number of amides is 2. The summed E-state index contributed by atoms with van der Waals surface area (Å²) in [5.74, 6) is 3.21. The van der Waals surface area contributed by atoms with Crippen molar-refractivity contribution in [1.29, 1.82) is 0 Å². The second-order valence-electron chi connectivity index (χ2n) is 7.84. The third-order valence-corrected chi connectivity index (χ3v) is 5.37. The molecule has 0 saturated heterocycles. The Labute approximate surface area is 159 Å². The maximum atomic E-state index is 12.1. The Kier molecular flexibility index (Phi) is 5.01. The summed E-state index contributed by atoms with van der Waals surface area (Å²) in [5, 5.41) is 5.90. The first-order chi connectivity index (χ1) is 13.1. The van der Waals surface area contributed by atoms with Crippen LogP contribution >= 0.6 is 0 Å². The minimum absolute atomic E-state index is 0.00305. The third kappa shape index (κ3) is 4.79. The molecule has 2 N–H and O–H groups in total. The van der Waals surface area contributed by atoms with Crippen molar-refractivity contribution in [2.24, 2.45) is 5.92 Å². The molecule has 5 heteroatoms. The number of furan rings is 1. The molecule has 5 nitrogen and oxygen atoms in total. The van der Waals surface area contributed by atoms with E-state index in [2.05, 4.69) is 17.6 Å². The van der Waals surface area contributed by atoms with Crippen LogP contribution in [0.15, 0.2) is 40.8 Å². The van der Waals surface area contributed by atoms with Crippen molar-refractivity contribution in [3.63, 3.8) is 0 Å². The zero-order valence-electron chi connectivity index (χ0n) is 15.7. The van der Waals surface area contributed by atoms with Gasteiger partial charge in [0.25, 0.3) is 5.91 Å². The maximum absolute atomic E-state index is 12.1. The molecule has 0 spiro atoms. The SMILES string of the molecule is C[C@H]1C[C@@H]1c1ccc(CCC(=O)NCc2ccc(C(=O)NC3CC3)cc2)o1. The van der Waals surface area contributed by atoms with Gasteiger partial charge in [0.05, 0.1) is 0 Å². The van der Waals surface area contributed by atoms with Gasteiger partial charge >= 0.3 is 0 Å². The summed E-state index contributed by atoms with van der Waals surface area (Å²) in [4.78, 5) is 24.0. The molecule has 1 heterocycles. The molecule has 2 fully saturated rings. The average Bonchev–Trinajstić information content (AvgIpc) is 3.58. The Hall–Kier alpha value is -2.56. The van der Waals surface area contributed by atoms with Gasteiger partial charge in [-0.1, -0.05) is 19.1 Å². The summed E-state index contributed by atoms with van der Waals surface area (Å²) in [5.41, 5.74) is 1.64. The van der Waals surface area contributed by atoms with E-state index in [1.807, 2.05) is 36.4 Å². The number of aryl methyl sites for hydroxylation is 1. The van der Waals surface area contributed by atoms with E-state index >= 15 is 0 Å². The first kappa shape index (κ1) is 17.8. The molecule has 2 aliphatic rings. The lowest BCUT2D eigenvalue weighted by Crippen LogP contribution is -2.25. The van der Waals surface area contributed by atoms with Crippen molar-refractivity contribution in [2.45, 2.75) is 57.5 Å². The van der Waals surface area contributed by atoms with Gasteiger partial charge in [0.2, 0.25) is 5.91 Å². The first-order valence-corrected chi connectivity index (χ1v) is 9.83. The third-order valence-electron chi connectivity index (χ3n) is 5.37. The molecule has 2 aliphatic carbocycles. The Bertz CT molecular complexity index is 820. The van der Waals surface area contributed by atoms with E-state index in [-0.39, 0.29) is 11.8 Å². The molecule has 0 unspecified atom stereocenters. The highest BCUT2D eigenvalue weighted by atomic mass is 16.3. The zero-order chi connectivity index (χ0) is 18.8. The Morgan fingerprint density at radius 2 is 1.85 bits per heavy atom. The Morgan fingerprint density at radius 3 is 2.52 bits per heavy atom. The number of carbonyl (C=O) groups is 2. The minimum Gasteiger partial charge on any atom is -0.466 e. The van der Waals surface area contributed by atoms with Gasteiger partial charge < -0.3 is 15.1 Å². The van der Waals surface area contributed by atoms with Gasteiger partial charge in [-0.3, -0.25) is 9.59 Å². The van der Waals surface area contributed by atoms with Crippen LogP contribution in [-0.2, 0) is 17.8 Å². The van der Waals surface area contributed by atoms with Crippen LogP contribution in [0.25, 0.3) is 0 Å². The summed E-state index contributed by atoms with van der Waals surface area (Å²) < 4.78 is 5.84. The number of hydrogen-bond acceptors (Lipinski definition) is 3. The highest BCUT2D eigenvalue weighted by Crippen LogP contribution is 2.47. The molecule has 0 aliphatic heterocycles. The predicted molar refractivity (Wildman–Crippen MR) is 102 cm³/mol. The van der Waals surface area contributed by atoms with E-state index in [9.17, 15) is 9.59 Å². The summed E-state index contributed by atoms with van der Waals surface area (Å²) in [6, 6.07) is 11.8. The molecule has 0 radical (unpaired) electrons. The van der Waals surface area contributed by atoms with Crippen LogP contribution in [0.2, 0.25) is 0 Å². The summed E-state index contributed by atoms with van der Waals surface area (Å²) in [6.07, 6.45) is 4.39. The van der Waals surface area contributed by atoms with Gasteiger partial charge in [-0.2, -0.15) is 0 Å². The Balaban J connectivity index is 1.19. The van der Waals surface area contributed by atoms with E-state index in [0.29, 0.717) is 36.9 Å². The average molecular weight is 366 g/mol. The second-order valence-corrected chi connectivity index (χ2v) is 7.84. The summed E-state index contributed by atoms with van der Waals surface area (Å²) >= 11 is 0. The van der Waals surface area contributed by atoms with E-state index < -0.39 is 0 Å². The molecule has 142 valence electrons. The van der Waals surface area contributed by atoms with Crippen LogP contribution in [0, 0.1) is 5.92 Å². The van der Waals surface area contributed by atoms with Gasteiger partial charge in [-0.15, -0.1) is 0 Å². The summed E-state index contributed by atoms with van der Waals surface area (Å²) in [6.45, 7) is 2.69. The van der Waals surface area contributed by atoms with Gasteiger partial charge in [-0.05, 0) is 55.0 Å². The molecular formula is C22H26N2O3. The van der Waals surface area contributed by atoms with E-state index in [0.717, 1.165) is 35.8 Å². The van der Waals surface area contributed by atoms with Crippen molar-refractivity contribution in [1.82, 2.24) is 10.6 Å². The van der Waals surface area contributed by atoms with Crippen molar-refractivity contribution in [2.75, 3.05) is 0 Å². The van der Waals surface area contributed by atoms with E-state index in [1.54, 1.807) is 0 Å². The molecule has 2 amide bonds. The number of hydrogen-bond donors (Lipinski definition) is 2. The molecule has 2 atom stereocenters.